The van der Waals surface area contributed by atoms with Gasteiger partial charge in [-0.15, -0.1) is 0 Å². The van der Waals surface area contributed by atoms with Crippen molar-refractivity contribution in [3.63, 3.8) is 0 Å². The van der Waals surface area contributed by atoms with Crippen molar-refractivity contribution in [1.82, 2.24) is 15.3 Å². The number of rotatable bonds is 5. The van der Waals surface area contributed by atoms with Crippen molar-refractivity contribution in [2.75, 3.05) is 24.5 Å². The van der Waals surface area contributed by atoms with Crippen LogP contribution >= 0.6 is 11.6 Å². The molecule has 1 aromatic carbocycles. The molecule has 0 saturated carbocycles. The van der Waals surface area contributed by atoms with Crippen LogP contribution in [-0.4, -0.2) is 35.5 Å². The van der Waals surface area contributed by atoms with Crippen LogP contribution < -0.4 is 10.2 Å². The summed E-state index contributed by atoms with van der Waals surface area (Å²) >= 11 is 5.87. The molecule has 0 bridgehead atoms. The van der Waals surface area contributed by atoms with Crippen molar-refractivity contribution < 1.29 is 9.18 Å². The first kappa shape index (κ1) is 18.6. The van der Waals surface area contributed by atoms with E-state index in [0.29, 0.717) is 29.8 Å². The number of carbonyl (C=O) groups excluding carboxylic acids is 1. The minimum atomic E-state index is -0.415. The molecule has 1 atom stereocenters. The van der Waals surface area contributed by atoms with Crippen LogP contribution in [0.25, 0.3) is 0 Å². The van der Waals surface area contributed by atoms with E-state index in [1.54, 1.807) is 6.92 Å². The first-order chi connectivity index (χ1) is 12.5. The number of benzene rings is 1. The second kappa shape index (κ2) is 8.45. The van der Waals surface area contributed by atoms with Crippen LogP contribution in [0.2, 0.25) is 5.02 Å². The molecule has 138 valence electrons. The highest BCUT2D eigenvalue weighted by molar-refractivity contribution is 6.30. The van der Waals surface area contributed by atoms with Crippen molar-refractivity contribution in [1.29, 1.82) is 0 Å². The first-order valence-electron chi connectivity index (χ1n) is 8.79. The fourth-order valence-electron chi connectivity index (χ4n) is 3.09. The van der Waals surface area contributed by atoms with Crippen molar-refractivity contribution in [2.45, 2.75) is 26.2 Å². The van der Waals surface area contributed by atoms with Gasteiger partial charge in [-0.25, -0.2) is 14.4 Å². The van der Waals surface area contributed by atoms with E-state index in [2.05, 4.69) is 15.3 Å². The zero-order chi connectivity index (χ0) is 18.5. The quantitative estimate of drug-likeness (QED) is 0.870. The van der Waals surface area contributed by atoms with Gasteiger partial charge in [0.05, 0.1) is 17.8 Å². The van der Waals surface area contributed by atoms with Gasteiger partial charge in [0.15, 0.2) is 5.82 Å². The summed E-state index contributed by atoms with van der Waals surface area (Å²) in [6.45, 7) is 3.53. The van der Waals surface area contributed by atoms with E-state index in [1.807, 2.05) is 29.2 Å². The molecule has 1 amide bonds. The highest BCUT2D eigenvalue weighted by Gasteiger charge is 2.27. The summed E-state index contributed by atoms with van der Waals surface area (Å²) in [6.07, 6.45) is 3.67. The van der Waals surface area contributed by atoms with Gasteiger partial charge in [0.1, 0.15) is 0 Å². The third-order valence-electron chi connectivity index (χ3n) is 4.61. The first-order valence-corrected chi connectivity index (χ1v) is 9.17. The molecule has 5 nitrogen and oxygen atoms in total. The van der Waals surface area contributed by atoms with E-state index in [0.717, 1.165) is 31.4 Å². The number of hydrogen-bond acceptors (Lipinski definition) is 4. The van der Waals surface area contributed by atoms with Gasteiger partial charge >= 0.3 is 0 Å². The number of anilines is 1. The maximum Gasteiger partial charge on any atom is 0.225 e. The van der Waals surface area contributed by atoms with Gasteiger partial charge in [0.25, 0.3) is 0 Å². The number of nitrogens with one attached hydrogen (secondary N) is 1. The molecule has 1 aromatic heterocycles. The van der Waals surface area contributed by atoms with Gasteiger partial charge in [-0.05, 0) is 43.9 Å². The largest absolute Gasteiger partial charge is 0.355 e. The molecule has 1 aliphatic heterocycles. The Morgan fingerprint density at radius 1 is 1.38 bits per heavy atom. The Labute approximate surface area is 157 Å². The molecular formula is C19H22ClFN4O. The standard InChI is InChI=1S/C19H22ClFN4O/c1-13-17(21)11-23-19(24-13)25-10-2-3-15(12-25)18(26)22-9-8-14-4-6-16(20)7-5-14/h4-7,11,15H,2-3,8-10,12H2,1H3,(H,22,26)/t15-/m1/s1. The zero-order valence-corrected chi connectivity index (χ0v) is 15.5. The van der Waals surface area contributed by atoms with Crippen LogP contribution in [0.3, 0.4) is 0 Å². The predicted molar refractivity (Wildman–Crippen MR) is 99.8 cm³/mol. The van der Waals surface area contributed by atoms with Gasteiger partial charge in [0, 0.05) is 24.7 Å². The highest BCUT2D eigenvalue weighted by atomic mass is 35.5. The lowest BCUT2D eigenvalue weighted by molar-refractivity contribution is -0.125. The Bertz CT molecular complexity index is 769. The Morgan fingerprint density at radius 3 is 2.88 bits per heavy atom. The lowest BCUT2D eigenvalue weighted by Gasteiger charge is -2.32. The number of halogens is 2. The smallest absolute Gasteiger partial charge is 0.225 e. The third-order valence-corrected chi connectivity index (χ3v) is 4.86. The number of nitrogens with zero attached hydrogens (tertiary/aromatic N) is 3. The van der Waals surface area contributed by atoms with Crippen molar-refractivity contribution in [3.05, 3.63) is 52.6 Å². The minimum Gasteiger partial charge on any atom is -0.355 e. The molecule has 1 N–H and O–H groups in total. The molecule has 1 fully saturated rings. The van der Waals surface area contributed by atoms with E-state index in [9.17, 15) is 9.18 Å². The summed E-state index contributed by atoms with van der Waals surface area (Å²) in [5.74, 6) is 0.00948. The fourth-order valence-corrected chi connectivity index (χ4v) is 3.22. The number of carbonyl (C=O) groups is 1. The Morgan fingerprint density at radius 2 is 2.15 bits per heavy atom. The molecule has 26 heavy (non-hydrogen) atoms. The summed E-state index contributed by atoms with van der Waals surface area (Å²) in [6, 6.07) is 7.63. The van der Waals surface area contributed by atoms with Gasteiger partial charge in [-0.2, -0.15) is 0 Å². The number of hydrogen-bond donors (Lipinski definition) is 1. The van der Waals surface area contributed by atoms with E-state index in [-0.39, 0.29) is 11.8 Å². The van der Waals surface area contributed by atoms with Gasteiger partial charge in [-0.1, -0.05) is 23.7 Å². The van der Waals surface area contributed by atoms with E-state index in [1.165, 1.54) is 6.20 Å². The molecule has 1 aliphatic rings. The second-order valence-electron chi connectivity index (χ2n) is 6.56. The Kier molecular flexibility index (Phi) is 6.04. The predicted octanol–water partition coefficient (Wildman–Crippen LogP) is 3.15. The van der Waals surface area contributed by atoms with Crippen molar-refractivity contribution in [3.8, 4) is 0 Å². The fraction of sp³-hybridized carbons (Fsp3) is 0.421. The molecular weight excluding hydrogens is 355 g/mol. The van der Waals surface area contributed by atoms with Crippen LogP contribution in [0.1, 0.15) is 24.1 Å². The van der Waals surface area contributed by atoms with E-state index >= 15 is 0 Å². The molecule has 0 unspecified atom stereocenters. The van der Waals surface area contributed by atoms with Crippen LogP contribution in [0, 0.1) is 18.7 Å². The molecule has 0 aliphatic carbocycles. The summed E-state index contributed by atoms with van der Waals surface area (Å²) in [5.41, 5.74) is 1.46. The maximum absolute atomic E-state index is 13.4. The van der Waals surface area contributed by atoms with Gasteiger partial charge < -0.3 is 10.2 Å². The summed E-state index contributed by atoms with van der Waals surface area (Å²) in [7, 11) is 0. The lowest BCUT2D eigenvalue weighted by Crippen LogP contribution is -2.44. The third kappa shape index (κ3) is 4.69. The van der Waals surface area contributed by atoms with Crippen molar-refractivity contribution in [2.24, 2.45) is 5.92 Å². The van der Waals surface area contributed by atoms with Crippen molar-refractivity contribution >= 4 is 23.5 Å². The molecule has 2 heterocycles. The van der Waals surface area contributed by atoms with Gasteiger partial charge in [0.2, 0.25) is 11.9 Å². The normalized spacial score (nSPS) is 17.2. The summed E-state index contributed by atoms with van der Waals surface area (Å²) in [4.78, 5) is 22.7. The van der Waals surface area contributed by atoms with Gasteiger partial charge in [-0.3, -0.25) is 4.79 Å². The molecule has 0 radical (unpaired) electrons. The van der Waals surface area contributed by atoms with Crippen LogP contribution in [0.15, 0.2) is 30.5 Å². The number of aromatic nitrogens is 2. The Hall–Kier alpha value is -2.21. The SMILES string of the molecule is Cc1nc(N2CCC[C@@H](C(=O)NCCc3ccc(Cl)cc3)C2)ncc1F. The average molecular weight is 377 g/mol. The van der Waals surface area contributed by atoms with Crippen LogP contribution in [0.4, 0.5) is 10.3 Å². The Balaban J connectivity index is 1.52. The van der Waals surface area contributed by atoms with Crippen LogP contribution in [0.5, 0.6) is 0 Å². The molecule has 1 saturated heterocycles. The minimum absolute atomic E-state index is 0.0440. The number of aryl methyl sites for hydroxylation is 1. The molecule has 0 spiro atoms. The zero-order valence-electron chi connectivity index (χ0n) is 14.7. The highest BCUT2D eigenvalue weighted by Crippen LogP contribution is 2.21. The molecule has 3 rings (SSSR count). The second-order valence-corrected chi connectivity index (χ2v) is 6.99. The monoisotopic (exact) mass is 376 g/mol. The molecule has 7 heteroatoms. The topological polar surface area (TPSA) is 58.1 Å². The molecule has 2 aromatic rings. The average Bonchev–Trinajstić information content (AvgIpc) is 2.65. The summed E-state index contributed by atoms with van der Waals surface area (Å²) in [5, 5.41) is 3.72. The van der Waals surface area contributed by atoms with E-state index < -0.39 is 5.82 Å². The van der Waals surface area contributed by atoms with E-state index in [4.69, 9.17) is 11.6 Å². The number of amides is 1. The number of piperidine rings is 1. The lowest BCUT2D eigenvalue weighted by atomic mass is 9.97. The van der Waals surface area contributed by atoms with Crippen LogP contribution in [-0.2, 0) is 11.2 Å². The summed E-state index contributed by atoms with van der Waals surface area (Å²) < 4.78 is 13.4. The maximum atomic E-state index is 13.4.